The summed E-state index contributed by atoms with van der Waals surface area (Å²) >= 11 is 0. The van der Waals surface area contributed by atoms with Crippen molar-refractivity contribution in [1.82, 2.24) is 24.1 Å². The fourth-order valence-electron chi connectivity index (χ4n) is 3.72. The lowest BCUT2D eigenvalue weighted by Gasteiger charge is -2.12. The zero-order valence-electron chi connectivity index (χ0n) is 16.3. The minimum atomic E-state index is -0.282. The monoisotopic (exact) mass is 403 g/mol. The molecule has 1 aromatic carbocycles. The van der Waals surface area contributed by atoms with Crippen molar-refractivity contribution in [2.75, 3.05) is 11.9 Å². The molecule has 30 heavy (non-hydrogen) atoms. The van der Waals surface area contributed by atoms with Crippen LogP contribution in [0.1, 0.15) is 23.7 Å². The van der Waals surface area contributed by atoms with E-state index in [1.807, 2.05) is 17.8 Å². The Kier molecular flexibility index (Phi) is 4.32. The second-order valence-electron chi connectivity index (χ2n) is 6.97. The van der Waals surface area contributed by atoms with Gasteiger partial charge in [0.05, 0.1) is 19.0 Å². The number of ether oxygens (including phenoxy) is 1. The van der Waals surface area contributed by atoms with E-state index in [1.54, 1.807) is 29.1 Å². The van der Waals surface area contributed by atoms with Crippen LogP contribution in [0, 0.1) is 17.1 Å². The molecule has 4 aromatic rings. The Morgan fingerprint density at radius 1 is 1.30 bits per heavy atom. The van der Waals surface area contributed by atoms with Crippen LogP contribution in [0.15, 0.2) is 36.9 Å². The molecule has 0 atom stereocenters. The molecule has 0 fully saturated rings. The van der Waals surface area contributed by atoms with Crippen molar-refractivity contribution < 1.29 is 9.13 Å². The molecule has 0 saturated carbocycles. The van der Waals surface area contributed by atoms with Gasteiger partial charge in [0.2, 0.25) is 5.95 Å². The molecule has 0 aliphatic carbocycles. The lowest BCUT2D eigenvalue weighted by molar-refractivity contribution is 0.356. The largest absolute Gasteiger partial charge is 0.493 e. The van der Waals surface area contributed by atoms with Gasteiger partial charge in [-0.05, 0) is 19.1 Å². The molecule has 0 spiro atoms. The van der Waals surface area contributed by atoms with E-state index >= 15 is 0 Å². The van der Waals surface area contributed by atoms with Gasteiger partial charge in [0, 0.05) is 54.2 Å². The van der Waals surface area contributed by atoms with Crippen LogP contribution in [0.2, 0.25) is 0 Å². The molecule has 5 rings (SSSR count). The molecule has 1 N–H and O–H groups in total. The lowest BCUT2D eigenvalue weighted by Crippen LogP contribution is -2.09. The molecule has 0 saturated heterocycles. The van der Waals surface area contributed by atoms with Gasteiger partial charge in [-0.1, -0.05) is 0 Å². The van der Waals surface area contributed by atoms with Crippen LogP contribution in [-0.4, -0.2) is 30.8 Å². The third kappa shape index (κ3) is 2.93. The van der Waals surface area contributed by atoms with Crippen LogP contribution >= 0.6 is 0 Å². The molecule has 3 aromatic heterocycles. The zero-order chi connectivity index (χ0) is 20.7. The first-order valence-corrected chi connectivity index (χ1v) is 9.66. The van der Waals surface area contributed by atoms with Gasteiger partial charge in [-0.15, -0.1) is 0 Å². The van der Waals surface area contributed by atoms with E-state index in [1.165, 1.54) is 6.07 Å². The van der Waals surface area contributed by atoms with Crippen molar-refractivity contribution in [2.45, 2.75) is 26.4 Å². The Morgan fingerprint density at radius 2 is 2.20 bits per heavy atom. The number of nitriles is 1. The van der Waals surface area contributed by atoms with E-state index in [0.717, 1.165) is 29.0 Å². The second-order valence-corrected chi connectivity index (χ2v) is 6.97. The Morgan fingerprint density at radius 3 is 3.00 bits per heavy atom. The highest BCUT2D eigenvalue weighted by molar-refractivity contribution is 5.77. The van der Waals surface area contributed by atoms with Gasteiger partial charge in [-0.25, -0.2) is 14.4 Å². The number of nitrogens with zero attached hydrogens (tertiary/aromatic N) is 6. The number of hydrogen-bond acceptors (Lipinski definition) is 6. The normalized spacial score (nSPS) is 12.6. The van der Waals surface area contributed by atoms with Gasteiger partial charge in [0.1, 0.15) is 17.6 Å². The predicted octanol–water partition coefficient (Wildman–Crippen LogP) is 3.17. The van der Waals surface area contributed by atoms with Crippen molar-refractivity contribution in [3.05, 3.63) is 59.6 Å². The predicted molar refractivity (Wildman–Crippen MR) is 108 cm³/mol. The number of halogens is 1. The van der Waals surface area contributed by atoms with Gasteiger partial charge in [0.15, 0.2) is 11.3 Å². The first kappa shape index (κ1) is 18.1. The van der Waals surface area contributed by atoms with Crippen molar-refractivity contribution in [3.8, 4) is 22.9 Å². The summed E-state index contributed by atoms with van der Waals surface area (Å²) in [5.41, 5.74) is 3.93. The average Bonchev–Trinajstić information content (AvgIpc) is 3.51. The number of anilines is 1. The molecule has 8 nitrogen and oxygen atoms in total. The Balaban J connectivity index is 1.53. The Hall–Kier alpha value is -3.93. The molecule has 0 unspecified atom stereocenters. The smallest absolute Gasteiger partial charge is 0.208 e. The molecule has 9 heteroatoms. The van der Waals surface area contributed by atoms with Crippen molar-refractivity contribution >= 4 is 11.6 Å². The van der Waals surface area contributed by atoms with Gasteiger partial charge in [-0.2, -0.15) is 10.4 Å². The summed E-state index contributed by atoms with van der Waals surface area (Å²) < 4.78 is 23.5. The number of imidazole rings is 1. The minimum Gasteiger partial charge on any atom is -0.493 e. The van der Waals surface area contributed by atoms with Crippen molar-refractivity contribution in [3.63, 3.8) is 0 Å². The summed E-state index contributed by atoms with van der Waals surface area (Å²) in [7, 11) is 0. The first-order chi connectivity index (χ1) is 14.7. The molecule has 0 bridgehead atoms. The van der Waals surface area contributed by atoms with Gasteiger partial charge >= 0.3 is 0 Å². The van der Waals surface area contributed by atoms with Crippen LogP contribution in [0.5, 0.6) is 5.75 Å². The highest BCUT2D eigenvalue weighted by Crippen LogP contribution is 2.31. The van der Waals surface area contributed by atoms with Crippen LogP contribution in [0.3, 0.4) is 0 Å². The van der Waals surface area contributed by atoms with Gasteiger partial charge < -0.3 is 10.1 Å². The molecule has 1 aliphatic rings. The number of fused-ring (bicyclic) bond motifs is 2. The topological polar surface area (TPSA) is 93.1 Å². The Bertz CT molecular complexity index is 1300. The molecule has 1 aliphatic heterocycles. The fraction of sp³-hybridized carbons (Fsp3) is 0.238. The summed E-state index contributed by atoms with van der Waals surface area (Å²) in [6, 6.07) is 5.16. The van der Waals surface area contributed by atoms with E-state index in [2.05, 4.69) is 26.5 Å². The van der Waals surface area contributed by atoms with E-state index in [9.17, 15) is 9.65 Å². The number of rotatable bonds is 5. The van der Waals surface area contributed by atoms with Crippen LogP contribution in [0.25, 0.3) is 16.8 Å². The van der Waals surface area contributed by atoms with E-state index in [4.69, 9.17) is 4.74 Å². The molecule has 4 heterocycles. The molecule has 0 amide bonds. The van der Waals surface area contributed by atoms with Crippen LogP contribution < -0.4 is 10.1 Å². The third-order valence-corrected chi connectivity index (χ3v) is 5.24. The number of aromatic nitrogens is 5. The summed E-state index contributed by atoms with van der Waals surface area (Å²) in [4.78, 5) is 8.94. The van der Waals surface area contributed by atoms with Crippen molar-refractivity contribution in [1.29, 1.82) is 5.26 Å². The van der Waals surface area contributed by atoms with E-state index in [0.29, 0.717) is 30.2 Å². The highest BCUT2D eigenvalue weighted by Gasteiger charge is 2.20. The SMILES string of the molecule is CCn1cc(-c2cnc(NCc3c(F)ccc4c3CCO4)n3cc(C#N)nc23)cn1. The quantitative estimate of drug-likeness (QED) is 0.550. The first-order valence-electron chi connectivity index (χ1n) is 9.66. The maximum Gasteiger partial charge on any atom is 0.208 e. The standard InChI is InChI=1S/C21H18FN7O/c1-2-28-11-13(8-26-28)16-9-24-21(29-12-14(7-23)27-20(16)29)25-10-17-15-5-6-30-19(15)4-3-18(17)22/h3-4,8-9,11-12H,2,5-6,10H2,1H3,(H,24,25). The van der Waals surface area contributed by atoms with E-state index < -0.39 is 0 Å². The van der Waals surface area contributed by atoms with Crippen LogP contribution in [-0.2, 0) is 19.5 Å². The van der Waals surface area contributed by atoms with E-state index in [-0.39, 0.29) is 18.1 Å². The number of nitrogens with one attached hydrogen (secondary N) is 1. The van der Waals surface area contributed by atoms with Crippen LogP contribution in [0.4, 0.5) is 10.3 Å². The number of hydrogen-bond donors (Lipinski definition) is 1. The van der Waals surface area contributed by atoms with Gasteiger partial charge in [0.25, 0.3) is 0 Å². The fourth-order valence-corrected chi connectivity index (χ4v) is 3.72. The maximum atomic E-state index is 14.5. The molecular formula is C21H18FN7O. The number of aryl methyl sites for hydroxylation is 1. The minimum absolute atomic E-state index is 0.244. The van der Waals surface area contributed by atoms with Gasteiger partial charge in [-0.3, -0.25) is 9.08 Å². The summed E-state index contributed by atoms with van der Waals surface area (Å²) in [5.74, 6) is 0.917. The summed E-state index contributed by atoms with van der Waals surface area (Å²) in [6.45, 7) is 3.55. The second kappa shape index (κ2) is 7.15. The number of benzene rings is 1. The summed E-state index contributed by atoms with van der Waals surface area (Å²) in [5, 5.41) is 16.8. The maximum absolute atomic E-state index is 14.5. The summed E-state index contributed by atoms with van der Waals surface area (Å²) in [6.07, 6.45) is 7.65. The molecule has 150 valence electrons. The average molecular weight is 403 g/mol. The van der Waals surface area contributed by atoms with Crippen molar-refractivity contribution in [2.24, 2.45) is 0 Å². The highest BCUT2D eigenvalue weighted by atomic mass is 19.1. The Labute approximate surface area is 171 Å². The third-order valence-electron chi connectivity index (χ3n) is 5.24. The zero-order valence-corrected chi connectivity index (χ0v) is 16.3. The lowest BCUT2D eigenvalue weighted by atomic mass is 10.0. The molecule has 0 radical (unpaired) electrons. The molecular weight excluding hydrogens is 385 g/mol.